The topological polar surface area (TPSA) is 91.4 Å². The zero-order valence-corrected chi connectivity index (χ0v) is 22.8. The number of ether oxygens (including phenoxy) is 2. The average molecular weight is 543 g/mol. The monoisotopic (exact) mass is 542 g/mol. The third-order valence-electron chi connectivity index (χ3n) is 8.35. The minimum Gasteiger partial charge on any atom is -0.454 e. The van der Waals surface area contributed by atoms with E-state index < -0.39 is 12.2 Å². The van der Waals surface area contributed by atoms with Gasteiger partial charge in [0.2, 0.25) is 18.6 Å². The maximum atomic E-state index is 13.9. The van der Waals surface area contributed by atoms with Gasteiger partial charge in [-0.1, -0.05) is 68.8 Å². The molecule has 6 rings (SSSR count). The fourth-order valence-electron chi connectivity index (χ4n) is 6.02. The summed E-state index contributed by atoms with van der Waals surface area (Å²) in [7, 11) is 0. The summed E-state index contributed by atoms with van der Waals surface area (Å²) < 4.78 is 10.8. The number of nitrogens with one attached hydrogen (secondary N) is 1. The Labute approximate surface area is 233 Å². The molecule has 208 valence electrons. The molecule has 0 bridgehead atoms. The standard InChI is InChI=1S/C31H34N4O5/c1-3-20(2)29-30(37)33(17-23-9-6-8-22-7-4-5-10-24(22)23)18-27-34(14-13-28(36)35(27)29)31(38)32-16-21-11-12-25-26(15-21)40-19-39-25/h4-12,15,20,27,29H,3,13-14,16-19H2,1-2H3,(H,32,38)/t20-,27+,29-/m0/s1. The number of amides is 4. The predicted molar refractivity (Wildman–Crippen MR) is 149 cm³/mol. The van der Waals surface area contributed by atoms with Crippen molar-refractivity contribution in [3.63, 3.8) is 0 Å². The molecule has 3 aromatic rings. The molecule has 0 aliphatic carbocycles. The van der Waals surface area contributed by atoms with Gasteiger partial charge in [-0.2, -0.15) is 0 Å². The van der Waals surface area contributed by atoms with Crippen molar-refractivity contribution in [3.05, 3.63) is 71.8 Å². The summed E-state index contributed by atoms with van der Waals surface area (Å²) in [6.07, 6.45) is 0.396. The van der Waals surface area contributed by atoms with Crippen LogP contribution in [0, 0.1) is 5.92 Å². The van der Waals surface area contributed by atoms with Crippen molar-refractivity contribution < 1.29 is 23.9 Å². The Morgan fingerprint density at radius 1 is 1.05 bits per heavy atom. The molecule has 3 aliphatic rings. The largest absolute Gasteiger partial charge is 0.454 e. The van der Waals surface area contributed by atoms with Gasteiger partial charge in [0.15, 0.2) is 11.5 Å². The molecule has 3 heterocycles. The number of carbonyl (C=O) groups excluding carboxylic acids is 3. The fourth-order valence-corrected chi connectivity index (χ4v) is 6.02. The molecule has 0 aromatic heterocycles. The van der Waals surface area contributed by atoms with E-state index >= 15 is 0 Å². The molecular formula is C31H34N4O5. The summed E-state index contributed by atoms with van der Waals surface area (Å²) in [6, 6.07) is 19.0. The van der Waals surface area contributed by atoms with Crippen LogP contribution in [0.2, 0.25) is 0 Å². The summed E-state index contributed by atoms with van der Waals surface area (Å²) in [5.41, 5.74) is 1.93. The number of carbonyl (C=O) groups is 3. The lowest BCUT2D eigenvalue weighted by Crippen LogP contribution is -2.72. The number of fused-ring (bicyclic) bond motifs is 3. The lowest BCUT2D eigenvalue weighted by Gasteiger charge is -2.53. The molecule has 1 N–H and O–H groups in total. The highest BCUT2D eigenvalue weighted by Crippen LogP contribution is 2.34. The second-order valence-electron chi connectivity index (χ2n) is 10.8. The Hall–Kier alpha value is -4.27. The first-order valence-corrected chi connectivity index (χ1v) is 13.9. The van der Waals surface area contributed by atoms with E-state index in [1.165, 1.54) is 0 Å². The van der Waals surface area contributed by atoms with E-state index in [2.05, 4.69) is 23.5 Å². The molecule has 2 fully saturated rings. The van der Waals surface area contributed by atoms with Gasteiger partial charge in [0, 0.05) is 26.1 Å². The van der Waals surface area contributed by atoms with Crippen LogP contribution in [0.15, 0.2) is 60.7 Å². The number of rotatable bonds is 6. The second kappa shape index (κ2) is 10.7. The van der Waals surface area contributed by atoms with Crippen LogP contribution in [-0.2, 0) is 22.7 Å². The Balaban J connectivity index is 1.26. The first-order chi connectivity index (χ1) is 19.4. The summed E-state index contributed by atoms with van der Waals surface area (Å²) in [6.45, 7) is 5.51. The van der Waals surface area contributed by atoms with E-state index in [0.29, 0.717) is 31.1 Å². The summed E-state index contributed by atoms with van der Waals surface area (Å²) in [4.78, 5) is 46.0. The molecule has 3 aromatic carbocycles. The van der Waals surface area contributed by atoms with Crippen molar-refractivity contribution in [2.75, 3.05) is 19.9 Å². The molecule has 0 spiro atoms. The highest BCUT2D eigenvalue weighted by Gasteiger charge is 2.50. The minimum atomic E-state index is -0.615. The Morgan fingerprint density at radius 3 is 2.70 bits per heavy atom. The zero-order chi connectivity index (χ0) is 27.8. The highest BCUT2D eigenvalue weighted by atomic mass is 16.7. The van der Waals surface area contributed by atoms with E-state index in [1.54, 1.807) is 9.80 Å². The number of hydrogen-bond donors (Lipinski definition) is 1. The first kappa shape index (κ1) is 26.0. The fraction of sp³-hybridized carbons (Fsp3) is 0.387. The maximum Gasteiger partial charge on any atom is 0.319 e. The molecule has 0 saturated carbocycles. The Kier molecular flexibility index (Phi) is 6.96. The van der Waals surface area contributed by atoms with Crippen LogP contribution >= 0.6 is 0 Å². The lowest BCUT2D eigenvalue weighted by molar-refractivity contribution is -0.170. The van der Waals surface area contributed by atoms with Gasteiger partial charge in [-0.15, -0.1) is 0 Å². The van der Waals surface area contributed by atoms with Crippen LogP contribution in [0.25, 0.3) is 10.8 Å². The van der Waals surface area contributed by atoms with E-state index in [0.717, 1.165) is 28.3 Å². The van der Waals surface area contributed by atoms with Gasteiger partial charge in [-0.05, 0) is 39.9 Å². The van der Waals surface area contributed by atoms with E-state index in [-0.39, 0.29) is 43.5 Å². The molecule has 9 nitrogen and oxygen atoms in total. The number of urea groups is 1. The van der Waals surface area contributed by atoms with Gasteiger partial charge < -0.3 is 29.5 Å². The van der Waals surface area contributed by atoms with Gasteiger partial charge in [0.1, 0.15) is 12.2 Å². The van der Waals surface area contributed by atoms with Crippen LogP contribution in [0.3, 0.4) is 0 Å². The molecule has 0 unspecified atom stereocenters. The molecule has 9 heteroatoms. The third kappa shape index (κ3) is 4.69. The quantitative estimate of drug-likeness (QED) is 0.507. The van der Waals surface area contributed by atoms with E-state index in [9.17, 15) is 14.4 Å². The summed E-state index contributed by atoms with van der Waals surface area (Å²) in [5, 5.41) is 5.22. The van der Waals surface area contributed by atoms with Gasteiger partial charge in [-0.25, -0.2) is 4.79 Å². The van der Waals surface area contributed by atoms with Crippen molar-refractivity contribution in [3.8, 4) is 11.5 Å². The number of hydrogen-bond acceptors (Lipinski definition) is 5. The SMILES string of the molecule is CC[C@H](C)[C@H]1C(=O)N(Cc2cccc3ccccc23)C[C@@H]2N(C(=O)NCc3ccc4c(c3)OCO4)CCC(=O)N12. The Morgan fingerprint density at radius 2 is 1.85 bits per heavy atom. The number of benzene rings is 3. The second-order valence-corrected chi connectivity index (χ2v) is 10.8. The normalized spacial score (nSPS) is 21.0. The van der Waals surface area contributed by atoms with Crippen molar-refractivity contribution in [2.45, 2.75) is 52.0 Å². The average Bonchev–Trinajstić information content (AvgIpc) is 3.45. The molecule has 2 saturated heterocycles. The zero-order valence-electron chi connectivity index (χ0n) is 22.8. The van der Waals surface area contributed by atoms with Crippen LogP contribution in [0.4, 0.5) is 4.79 Å². The third-order valence-corrected chi connectivity index (χ3v) is 8.35. The van der Waals surface area contributed by atoms with Crippen LogP contribution in [0.1, 0.15) is 37.8 Å². The molecule has 3 atom stereocenters. The smallest absolute Gasteiger partial charge is 0.319 e. The molecular weight excluding hydrogens is 508 g/mol. The minimum absolute atomic E-state index is 0.0501. The molecule has 3 aliphatic heterocycles. The summed E-state index contributed by atoms with van der Waals surface area (Å²) in [5.74, 6) is 1.16. The van der Waals surface area contributed by atoms with Crippen LogP contribution < -0.4 is 14.8 Å². The van der Waals surface area contributed by atoms with Crippen LogP contribution in [0.5, 0.6) is 11.5 Å². The maximum absolute atomic E-state index is 13.9. The van der Waals surface area contributed by atoms with Crippen molar-refractivity contribution in [1.82, 2.24) is 20.0 Å². The predicted octanol–water partition coefficient (Wildman–Crippen LogP) is 4.10. The first-order valence-electron chi connectivity index (χ1n) is 13.9. The van der Waals surface area contributed by atoms with Gasteiger partial charge in [0.25, 0.3) is 0 Å². The van der Waals surface area contributed by atoms with Crippen molar-refractivity contribution >= 4 is 28.6 Å². The van der Waals surface area contributed by atoms with Gasteiger partial charge >= 0.3 is 6.03 Å². The van der Waals surface area contributed by atoms with E-state index in [1.807, 2.05) is 61.2 Å². The van der Waals surface area contributed by atoms with Gasteiger partial charge in [-0.3, -0.25) is 9.59 Å². The van der Waals surface area contributed by atoms with Crippen molar-refractivity contribution in [2.24, 2.45) is 5.92 Å². The number of nitrogens with zero attached hydrogens (tertiary/aromatic N) is 3. The molecule has 4 amide bonds. The molecule has 0 radical (unpaired) electrons. The molecule has 40 heavy (non-hydrogen) atoms. The highest BCUT2D eigenvalue weighted by molar-refractivity contribution is 5.92. The Bertz CT molecular complexity index is 1450. The number of piperazine rings is 1. The van der Waals surface area contributed by atoms with Gasteiger partial charge in [0.05, 0.1) is 6.54 Å². The lowest BCUT2D eigenvalue weighted by atomic mass is 9.91. The van der Waals surface area contributed by atoms with Crippen molar-refractivity contribution in [1.29, 1.82) is 0 Å². The summed E-state index contributed by atoms with van der Waals surface area (Å²) >= 11 is 0. The van der Waals surface area contributed by atoms with Crippen LogP contribution in [-0.4, -0.2) is 64.6 Å². The van der Waals surface area contributed by atoms with E-state index in [4.69, 9.17) is 9.47 Å².